The van der Waals surface area contributed by atoms with E-state index in [1.54, 1.807) is 43.3 Å². The summed E-state index contributed by atoms with van der Waals surface area (Å²) in [7, 11) is -4.19. The molecule has 0 bridgehead atoms. The zero-order valence-corrected chi connectivity index (χ0v) is 25.8. The molecule has 2 amide bonds. The molecule has 7 nitrogen and oxygen atoms in total. The zero-order chi connectivity index (χ0) is 29.6. The number of aryl methyl sites for hydroxylation is 1. The molecule has 0 saturated heterocycles. The fraction of sp³-hybridized carbons (Fsp3) is 0.310. The lowest BCUT2D eigenvalue weighted by Crippen LogP contribution is -2.51. The number of sulfonamides is 1. The molecule has 0 unspecified atom stereocenters. The number of nitrogens with zero attached hydrogens (tertiary/aromatic N) is 2. The Morgan fingerprint density at radius 2 is 1.55 bits per heavy atom. The van der Waals surface area contributed by atoms with Gasteiger partial charge in [-0.25, -0.2) is 8.42 Å². The summed E-state index contributed by atoms with van der Waals surface area (Å²) >= 11 is 18.5. The maximum Gasteiger partial charge on any atom is 0.264 e. The van der Waals surface area contributed by atoms with E-state index in [-0.39, 0.29) is 23.3 Å². The first-order valence-corrected chi connectivity index (χ1v) is 15.2. The fourth-order valence-corrected chi connectivity index (χ4v) is 5.91. The third-order valence-electron chi connectivity index (χ3n) is 6.18. The molecule has 40 heavy (non-hydrogen) atoms. The van der Waals surface area contributed by atoms with Crippen LogP contribution in [-0.4, -0.2) is 44.3 Å². The van der Waals surface area contributed by atoms with Gasteiger partial charge in [0, 0.05) is 28.2 Å². The normalized spacial score (nSPS) is 12.2. The lowest BCUT2D eigenvalue weighted by molar-refractivity contribution is -0.139. The Hall–Kier alpha value is -2.78. The molecule has 0 aliphatic carbocycles. The molecule has 0 aliphatic heterocycles. The highest BCUT2D eigenvalue weighted by Gasteiger charge is 2.33. The molecule has 3 aromatic rings. The first-order valence-electron chi connectivity index (χ1n) is 12.7. The van der Waals surface area contributed by atoms with Crippen LogP contribution in [0, 0.1) is 12.8 Å². The Morgan fingerprint density at radius 1 is 0.900 bits per heavy atom. The largest absolute Gasteiger partial charge is 0.354 e. The van der Waals surface area contributed by atoms with Crippen molar-refractivity contribution in [2.75, 3.05) is 17.4 Å². The van der Waals surface area contributed by atoms with Crippen molar-refractivity contribution in [3.05, 3.63) is 92.9 Å². The molecule has 3 aromatic carbocycles. The van der Waals surface area contributed by atoms with Crippen LogP contribution in [0.15, 0.2) is 71.6 Å². The van der Waals surface area contributed by atoms with E-state index in [1.165, 1.54) is 29.2 Å². The van der Waals surface area contributed by atoms with Crippen molar-refractivity contribution in [2.45, 2.75) is 45.2 Å². The highest BCUT2D eigenvalue weighted by Crippen LogP contribution is 2.27. The van der Waals surface area contributed by atoms with Crippen molar-refractivity contribution in [1.29, 1.82) is 0 Å². The van der Waals surface area contributed by atoms with Gasteiger partial charge in [0.15, 0.2) is 0 Å². The van der Waals surface area contributed by atoms with Crippen molar-refractivity contribution in [3.8, 4) is 0 Å². The minimum Gasteiger partial charge on any atom is -0.354 e. The molecule has 0 fully saturated rings. The quantitative estimate of drug-likeness (QED) is 0.270. The van der Waals surface area contributed by atoms with Crippen molar-refractivity contribution in [2.24, 2.45) is 5.92 Å². The maximum atomic E-state index is 14.0. The second-order valence-corrected chi connectivity index (χ2v) is 13.0. The molecule has 0 aromatic heterocycles. The molecular formula is C29H32Cl3N3O4S. The monoisotopic (exact) mass is 623 g/mol. The highest BCUT2D eigenvalue weighted by molar-refractivity contribution is 7.92. The molecule has 0 spiro atoms. The number of carbonyl (C=O) groups is 2. The fourth-order valence-electron chi connectivity index (χ4n) is 3.91. The summed E-state index contributed by atoms with van der Waals surface area (Å²) in [6.45, 7) is 7.18. The van der Waals surface area contributed by atoms with Gasteiger partial charge in [-0.1, -0.05) is 66.8 Å². The summed E-state index contributed by atoms with van der Waals surface area (Å²) in [5, 5.41) is 3.98. The highest BCUT2D eigenvalue weighted by atomic mass is 35.5. The van der Waals surface area contributed by atoms with Crippen molar-refractivity contribution in [3.63, 3.8) is 0 Å². The third kappa shape index (κ3) is 8.13. The van der Waals surface area contributed by atoms with E-state index in [1.807, 2.05) is 26.8 Å². The van der Waals surface area contributed by atoms with Gasteiger partial charge >= 0.3 is 0 Å². The molecule has 11 heteroatoms. The Labute approximate surface area is 251 Å². The van der Waals surface area contributed by atoms with Crippen LogP contribution in [-0.2, 0) is 26.2 Å². The molecule has 1 N–H and O–H groups in total. The minimum absolute atomic E-state index is 0.0266. The number of amides is 2. The van der Waals surface area contributed by atoms with Gasteiger partial charge in [0.25, 0.3) is 10.0 Å². The van der Waals surface area contributed by atoms with E-state index in [0.717, 1.165) is 9.87 Å². The molecule has 0 saturated carbocycles. The third-order valence-corrected chi connectivity index (χ3v) is 8.80. The first kappa shape index (κ1) is 31.7. The van der Waals surface area contributed by atoms with Gasteiger partial charge in [0.05, 0.1) is 10.6 Å². The Kier molecular flexibility index (Phi) is 10.9. The molecule has 0 heterocycles. The summed E-state index contributed by atoms with van der Waals surface area (Å²) in [4.78, 5) is 28.3. The second kappa shape index (κ2) is 13.7. The van der Waals surface area contributed by atoms with Crippen LogP contribution in [0.5, 0.6) is 0 Å². The second-order valence-electron chi connectivity index (χ2n) is 9.88. The molecule has 0 aliphatic rings. The van der Waals surface area contributed by atoms with Gasteiger partial charge in [0.2, 0.25) is 11.8 Å². The Morgan fingerprint density at radius 3 is 2.15 bits per heavy atom. The number of hydrogen-bond acceptors (Lipinski definition) is 4. The van der Waals surface area contributed by atoms with Crippen LogP contribution in [0.25, 0.3) is 0 Å². The molecule has 3 rings (SSSR count). The van der Waals surface area contributed by atoms with Gasteiger partial charge in [-0.2, -0.15) is 0 Å². The molecular weight excluding hydrogens is 593 g/mol. The number of halogens is 3. The van der Waals surface area contributed by atoms with E-state index < -0.39 is 28.5 Å². The van der Waals surface area contributed by atoms with Crippen LogP contribution in [0.1, 0.15) is 31.9 Å². The van der Waals surface area contributed by atoms with Crippen molar-refractivity contribution >= 4 is 62.3 Å². The Bertz CT molecular complexity index is 1460. The van der Waals surface area contributed by atoms with Crippen LogP contribution < -0.4 is 9.62 Å². The average Bonchev–Trinajstić information content (AvgIpc) is 2.89. The molecule has 214 valence electrons. The standard InChI is InChI=1S/C29H32Cl3N3O4S/c1-19(2)16-33-29(37)21(4)34(17-22-8-9-24(31)15-27(22)32)28(36)18-35(25-7-5-6-20(3)14-25)40(38,39)26-12-10-23(30)11-13-26/h5-15,19,21H,16-18H2,1-4H3,(H,33,37)/t21-/m0/s1. The maximum absolute atomic E-state index is 14.0. The number of rotatable bonds is 11. The van der Waals surface area contributed by atoms with Gasteiger partial charge in [-0.05, 0) is 79.4 Å². The summed E-state index contributed by atoms with van der Waals surface area (Å²) in [6, 6.07) is 16.5. The summed E-state index contributed by atoms with van der Waals surface area (Å²) < 4.78 is 28.7. The van der Waals surface area contributed by atoms with E-state index in [2.05, 4.69) is 5.32 Å². The van der Waals surface area contributed by atoms with Crippen molar-refractivity contribution < 1.29 is 18.0 Å². The summed E-state index contributed by atoms with van der Waals surface area (Å²) in [6.07, 6.45) is 0. The van der Waals surface area contributed by atoms with Gasteiger partial charge in [-0.3, -0.25) is 13.9 Å². The van der Waals surface area contributed by atoms with Crippen molar-refractivity contribution in [1.82, 2.24) is 10.2 Å². The predicted molar refractivity (Wildman–Crippen MR) is 161 cm³/mol. The molecule has 1 atom stereocenters. The SMILES string of the molecule is Cc1cccc(N(CC(=O)N(Cc2ccc(Cl)cc2Cl)[C@@H](C)C(=O)NCC(C)C)S(=O)(=O)c2ccc(Cl)cc2)c1. The first-order chi connectivity index (χ1) is 18.8. The van der Waals surface area contributed by atoms with Crippen LogP contribution in [0.3, 0.4) is 0 Å². The van der Waals surface area contributed by atoms with Crippen LogP contribution in [0.4, 0.5) is 5.69 Å². The average molecular weight is 625 g/mol. The van der Waals surface area contributed by atoms with Gasteiger partial charge in [0.1, 0.15) is 12.6 Å². The lowest BCUT2D eigenvalue weighted by atomic mass is 10.1. The van der Waals surface area contributed by atoms with Crippen LogP contribution >= 0.6 is 34.8 Å². The minimum atomic E-state index is -4.19. The number of anilines is 1. The Balaban J connectivity index is 2.04. The van der Waals surface area contributed by atoms with Crippen LogP contribution in [0.2, 0.25) is 15.1 Å². The summed E-state index contributed by atoms with van der Waals surface area (Å²) in [5.74, 6) is -0.751. The van der Waals surface area contributed by atoms with E-state index >= 15 is 0 Å². The molecule has 0 radical (unpaired) electrons. The van der Waals surface area contributed by atoms with Gasteiger partial charge < -0.3 is 10.2 Å². The van der Waals surface area contributed by atoms with E-state index in [0.29, 0.717) is 32.9 Å². The summed E-state index contributed by atoms with van der Waals surface area (Å²) in [5.41, 5.74) is 1.68. The van der Waals surface area contributed by atoms with E-state index in [9.17, 15) is 18.0 Å². The zero-order valence-electron chi connectivity index (χ0n) is 22.7. The van der Waals surface area contributed by atoms with Gasteiger partial charge in [-0.15, -0.1) is 0 Å². The number of nitrogens with one attached hydrogen (secondary N) is 1. The van der Waals surface area contributed by atoms with E-state index in [4.69, 9.17) is 34.8 Å². The smallest absolute Gasteiger partial charge is 0.264 e. The lowest BCUT2D eigenvalue weighted by Gasteiger charge is -2.32. The topological polar surface area (TPSA) is 86.8 Å². The predicted octanol–water partition coefficient (Wildman–Crippen LogP) is 6.34. The number of benzene rings is 3. The number of carbonyl (C=O) groups excluding carboxylic acids is 2. The number of hydrogen-bond donors (Lipinski definition) is 1.